The second-order valence-electron chi connectivity index (χ2n) is 4.38. The summed E-state index contributed by atoms with van der Waals surface area (Å²) >= 11 is 9.49. The standard InChI is InChI=1S/C15H14BrClFNO/c1-9(12-5-4-11(20-2)8-14(12)18)19-15-6-3-10(16)7-13(15)17/h3-9,19H,1-2H3. The molecule has 1 unspecified atom stereocenters. The Bertz CT molecular complexity index is 621. The average molecular weight is 359 g/mol. The summed E-state index contributed by atoms with van der Waals surface area (Å²) in [5, 5.41) is 3.78. The van der Waals surface area contributed by atoms with Gasteiger partial charge in [0.1, 0.15) is 11.6 Å². The van der Waals surface area contributed by atoms with Gasteiger partial charge < -0.3 is 10.1 Å². The van der Waals surface area contributed by atoms with E-state index in [1.165, 1.54) is 13.2 Å². The van der Waals surface area contributed by atoms with Crippen molar-refractivity contribution in [1.29, 1.82) is 0 Å². The summed E-state index contributed by atoms with van der Waals surface area (Å²) in [6.07, 6.45) is 0. The molecular weight excluding hydrogens is 345 g/mol. The molecule has 0 fully saturated rings. The van der Waals surface area contributed by atoms with E-state index in [2.05, 4.69) is 21.2 Å². The molecule has 5 heteroatoms. The van der Waals surface area contributed by atoms with Gasteiger partial charge in [0, 0.05) is 16.1 Å². The van der Waals surface area contributed by atoms with E-state index in [4.69, 9.17) is 16.3 Å². The van der Waals surface area contributed by atoms with Crippen LogP contribution in [-0.2, 0) is 0 Å². The van der Waals surface area contributed by atoms with Gasteiger partial charge in [0.15, 0.2) is 0 Å². The van der Waals surface area contributed by atoms with E-state index < -0.39 is 0 Å². The zero-order chi connectivity index (χ0) is 14.7. The molecule has 2 aromatic rings. The van der Waals surface area contributed by atoms with Gasteiger partial charge >= 0.3 is 0 Å². The Morgan fingerprint density at radius 1 is 1.25 bits per heavy atom. The van der Waals surface area contributed by atoms with Gasteiger partial charge in [0.05, 0.1) is 23.9 Å². The summed E-state index contributed by atoms with van der Waals surface area (Å²) in [5.41, 5.74) is 1.32. The van der Waals surface area contributed by atoms with Crippen LogP contribution in [0.4, 0.5) is 10.1 Å². The van der Waals surface area contributed by atoms with Crippen molar-refractivity contribution in [2.75, 3.05) is 12.4 Å². The Morgan fingerprint density at radius 3 is 2.60 bits per heavy atom. The van der Waals surface area contributed by atoms with Crippen molar-refractivity contribution in [3.05, 3.63) is 57.3 Å². The number of anilines is 1. The van der Waals surface area contributed by atoms with E-state index in [0.29, 0.717) is 16.3 Å². The first-order chi connectivity index (χ1) is 9.51. The maximum atomic E-state index is 14.0. The topological polar surface area (TPSA) is 21.3 Å². The number of ether oxygens (including phenoxy) is 1. The molecule has 0 heterocycles. The first-order valence-electron chi connectivity index (χ1n) is 6.06. The Hall–Kier alpha value is -1.26. The fourth-order valence-corrected chi connectivity index (χ4v) is 2.63. The van der Waals surface area contributed by atoms with Crippen LogP contribution in [0.15, 0.2) is 40.9 Å². The molecule has 0 bridgehead atoms. The minimum Gasteiger partial charge on any atom is -0.497 e. The molecule has 0 amide bonds. The summed E-state index contributed by atoms with van der Waals surface area (Å²) in [6.45, 7) is 1.88. The van der Waals surface area contributed by atoms with Crippen LogP contribution < -0.4 is 10.1 Å². The summed E-state index contributed by atoms with van der Waals surface area (Å²) < 4.78 is 19.9. The van der Waals surface area contributed by atoms with E-state index in [9.17, 15) is 4.39 Å². The quantitative estimate of drug-likeness (QED) is 0.787. The van der Waals surface area contributed by atoms with Crippen LogP contribution >= 0.6 is 27.5 Å². The fraction of sp³-hybridized carbons (Fsp3) is 0.200. The molecule has 0 aliphatic carbocycles. The number of hydrogen-bond donors (Lipinski definition) is 1. The molecule has 2 aromatic carbocycles. The number of rotatable bonds is 4. The second-order valence-corrected chi connectivity index (χ2v) is 5.70. The van der Waals surface area contributed by atoms with Gasteiger partial charge in [0.25, 0.3) is 0 Å². The van der Waals surface area contributed by atoms with Gasteiger partial charge in [-0.25, -0.2) is 4.39 Å². The number of methoxy groups -OCH3 is 1. The smallest absolute Gasteiger partial charge is 0.132 e. The van der Waals surface area contributed by atoms with Gasteiger partial charge in [-0.15, -0.1) is 0 Å². The summed E-state index contributed by atoms with van der Waals surface area (Å²) in [5.74, 6) is 0.192. The van der Waals surface area contributed by atoms with Gasteiger partial charge in [-0.05, 0) is 31.2 Å². The molecule has 2 nitrogen and oxygen atoms in total. The molecule has 1 atom stereocenters. The van der Waals surface area contributed by atoms with E-state index in [1.807, 2.05) is 19.1 Å². The highest BCUT2D eigenvalue weighted by Crippen LogP contribution is 2.30. The molecule has 0 spiro atoms. The van der Waals surface area contributed by atoms with E-state index in [1.54, 1.807) is 18.2 Å². The highest BCUT2D eigenvalue weighted by molar-refractivity contribution is 9.10. The van der Waals surface area contributed by atoms with Crippen LogP contribution in [-0.4, -0.2) is 7.11 Å². The highest BCUT2D eigenvalue weighted by atomic mass is 79.9. The Labute approximate surface area is 131 Å². The van der Waals surface area contributed by atoms with Crippen LogP contribution in [0.5, 0.6) is 5.75 Å². The normalized spacial score (nSPS) is 12.1. The van der Waals surface area contributed by atoms with Crippen LogP contribution in [0.1, 0.15) is 18.5 Å². The van der Waals surface area contributed by atoms with Crippen LogP contribution in [0.25, 0.3) is 0 Å². The largest absolute Gasteiger partial charge is 0.497 e. The molecule has 0 aromatic heterocycles. The lowest BCUT2D eigenvalue weighted by molar-refractivity contribution is 0.410. The Kier molecular flexibility index (Phi) is 4.89. The van der Waals surface area contributed by atoms with Crippen LogP contribution in [0, 0.1) is 5.82 Å². The van der Waals surface area contributed by atoms with Gasteiger partial charge in [-0.1, -0.05) is 33.6 Å². The summed E-state index contributed by atoms with van der Waals surface area (Å²) in [7, 11) is 1.51. The Balaban J connectivity index is 2.21. The third-order valence-electron chi connectivity index (χ3n) is 2.98. The van der Waals surface area contributed by atoms with Crippen molar-refractivity contribution in [2.45, 2.75) is 13.0 Å². The minimum absolute atomic E-state index is 0.209. The molecule has 0 aliphatic rings. The van der Waals surface area contributed by atoms with Crippen molar-refractivity contribution >= 4 is 33.2 Å². The lowest BCUT2D eigenvalue weighted by atomic mass is 10.1. The highest BCUT2D eigenvalue weighted by Gasteiger charge is 2.13. The zero-order valence-electron chi connectivity index (χ0n) is 11.1. The summed E-state index contributed by atoms with van der Waals surface area (Å²) in [4.78, 5) is 0. The first-order valence-corrected chi connectivity index (χ1v) is 7.23. The lowest BCUT2D eigenvalue weighted by Crippen LogP contribution is -2.09. The lowest BCUT2D eigenvalue weighted by Gasteiger charge is -2.18. The monoisotopic (exact) mass is 357 g/mol. The summed E-state index contributed by atoms with van der Waals surface area (Å²) in [6, 6.07) is 10.1. The zero-order valence-corrected chi connectivity index (χ0v) is 13.4. The second kappa shape index (κ2) is 6.46. The average Bonchev–Trinajstić information content (AvgIpc) is 2.41. The Morgan fingerprint density at radius 2 is 2.00 bits per heavy atom. The molecule has 1 N–H and O–H groups in total. The third kappa shape index (κ3) is 3.44. The minimum atomic E-state index is -0.308. The van der Waals surface area contributed by atoms with Crippen LogP contribution in [0.3, 0.4) is 0 Å². The number of nitrogens with one attached hydrogen (secondary N) is 1. The molecule has 0 radical (unpaired) electrons. The molecule has 0 aliphatic heterocycles. The van der Waals surface area contributed by atoms with E-state index in [-0.39, 0.29) is 11.9 Å². The molecule has 20 heavy (non-hydrogen) atoms. The maximum Gasteiger partial charge on any atom is 0.132 e. The van der Waals surface area contributed by atoms with Gasteiger partial charge in [0.2, 0.25) is 0 Å². The SMILES string of the molecule is COc1ccc(C(C)Nc2ccc(Br)cc2Cl)c(F)c1. The van der Waals surface area contributed by atoms with Crippen molar-refractivity contribution in [3.63, 3.8) is 0 Å². The number of halogens is 3. The predicted octanol–water partition coefficient (Wildman–Crippen LogP) is 5.42. The molecule has 0 saturated carbocycles. The number of benzene rings is 2. The molecular formula is C15H14BrClFNO. The maximum absolute atomic E-state index is 14.0. The van der Waals surface area contributed by atoms with Crippen molar-refractivity contribution in [1.82, 2.24) is 0 Å². The van der Waals surface area contributed by atoms with Crippen molar-refractivity contribution in [3.8, 4) is 5.75 Å². The first kappa shape index (κ1) is 15.1. The molecule has 2 rings (SSSR count). The van der Waals surface area contributed by atoms with Gasteiger partial charge in [-0.2, -0.15) is 0 Å². The molecule has 106 valence electrons. The van der Waals surface area contributed by atoms with Crippen molar-refractivity contribution in [2.24, 2.45) is 0 Å². The predicted molar refractivity (Wildman–Crippen MR) is 84.1 cm³/mol. The fourth-order valence-electron chi connectivity index (χ4n) is 1.90. The van der Waals surface area contributed by atoms with Crippen molar-refractivity contribution < 1.29 is 9.13 Å². The third-order valence-corrected chi connectivity index (χ3v) is 3.78. The van der Waals surface area contributed by atoms with E-state index in [0.717, 1.165) is 10.2 Å². The molecule has 0 saturated heterocycles. The van der Waals surface area contributed by atoms with Gasteiger partial charge in [-0.3, -0.25) is 0 Å². The van der Waals surface area contributed by atoms with E-state index >= 15 is 0 Å². The van der Waals surface area contributed by atoms with Crippen LogP contribution in [0.2, 0.25) is 5.02 Å². The number of hydrogen-bond acceptors (Lipinski definition) is 2.